The zero-order valence-corrected chi connectivity index (χ0v) is 12.8. The van der Waals surface area contributed by atoms with Crippen molar-refractivity contribution < 1.29 is 9.53 Å². The molecule has 3 atom stereocenters. The van der Waals surface area contributed by atoms with Gasteiger partial charge in [-0.05, 0) is 37.8 Å². The molecule has 114 valence electrons. The minimum atomic E-state index is 0.0236. The molecule has 1 fully saturated rings. The number of carbonyl (C=O) groups is 1. The molecule has 0 saturated carbocycles. The molecule has 1 aromatic rings. The molecule has 0 radical (unpaired) electrons. The number of nitrogens with zero attached hydrogens (tertiary/aromatic N) is 1. The summed E-state index contributed by atoms with van der Waals surface area (Å²) >= 11 is 0. The summed E-state index contributed by atoms with van der Waals surface area (Å²) in [7, 11) is 1.74. The fraction of sp³-hybridized carbons (Fsp3) is 0.588. The van der Waals surface area contributed by atoms with E-state index in [9.17, 15) is 4.79 Å². The first kappa shape index (κ1) is 14.4. The van der Waals surface area contributed by atoms with E-state index in [0.717, 1.165) is 32.4 Å². The third-order valence-electron chi connectivity index (χ3n) is 4.78. The van der Waals surface area contributed by atoms with Crippen molar-refractivity contribution >= 4 is 11.6 Å². The SMILES string of the molecule is COC1CCCN(C(=O)C2Cc3ccccc3NC2C)C1. The van der Waals surface area contributed by atoms with Crippen LogP contribution in [0.3, 0.4) is 0 Å². The highest BCUT2D eigenvalue weighted by molar-refractivity contribution is 5.81. The molecular formula is C17H24N2O2. The topological polar surface area (TPSA) is 41.6 Å². The first-order valence-electron chi connectivity index (χ1n) is 7.85. The van der Waals surface area contributed by atoms with Crippen LogP contribution in [0.4, 0.5) is 5.69 Å². The molecule has 2 heterocycles. The maximum absolute atomic E-state index is 12.9. The molecule has 4 nitrogen and oxygen atoms in total. The van der Waals surface area contributed by atoms with E-state index >= 15 is 0 Å². The predicted octanol–water partition coefficient (Wildman–Crippen LogP) is 2.30. The molecule has 1 aromatic carbocycles. The number of nitrogens with one attached hydrogen (secondary N) is 1. The Balaban J connectivity index is 1.73. The Bertz CT molecular complexity index is 517. The van der Waals surface area contributed by atoms with E-state index < -0.39 is 0 Å². The lowest BCUT2D eigenvalue weighted by atomic mass is 9.86. The van der Waals surface area contributed by atoms with Crippen molar-refractivity contribution in [3.63, 3.8) is 0 Å². The van der Waals surface area contributed by atoms with E-state index in [4.69, 9.17) is 4.74 Å². The number of fused-ring (bicyclic) bond motifs is 1. The Morgan fingerprint density at radius 1 is 1.38 bits per heavy atom. The number of rotatable bonds is 2. The lowest BCUT2D eigenvalue weighted by Gasteiger charge is -2.38. The Kier molecular flexibility index (Phi) is 4.15. The van der Waals surface area contributed by atoms with Crippen LogP contribution in [0, 0.1) is 5.92 Å². The molecular weight excluding hydrogens is 264 g/mol. The summed E-state index contributed by atoms with van der Waals surface area (Å²) in [5.74, 6) is 0.293. The van der Waals surface area contributed by atoms with E-state index in [1.54, 1.807) is 7.11 Å². The highest BCUT2D eigenvalue weighted by atomic mass is 16.5. The molecule has 0 spiro atoms. The lowest BCUT2D eigenvalue weighted by molar-refractivity contribution is -0.139. The minimum absolute atomic E-state index is 0.0236. The number of para-hydroxylation sites is 1. The zero-order valence-electron chi connectivity index (χ0n) is 12.8. The van der Waals surface area contributed by atoms with Crippen LogP contribution in [0.2, 0.25) is 0 Å². The van der Waals surface area contributed by atoms with Gasteiger partial charge in [0, 0.05) is 31.9 Å². The number of piperidine rings is 1. The zero-order chi connectivity index (χ0) is 14.8. The first-order chi connectivity index (χ1) is 10.2. The van der Waals surface area contributed by atoms with Gasteiger partial charge in [-0.3, -0.25) is 4.79 Å². The second-order valence-electron chi connectivity index (χ2n) is 6.18. The van der Waals surface area contributed by atoms with E-state index in [1.165, 1.54) is 11.3 Å². The predicted molar refractivity (Wildman–Crippen MR) is 83.3 cm³/mol. The molecule has 2 aliphatic heterocycles. The van der Waals surface area contributed by atoms with E-state index in [2.05, 4.69) is 24.4 Å². The number of anilines is 1. The highest BCUT2D eigenvalue weighted by Gasteiger charge is 2.35. The molecule has 1 N–H and O–H groups in total. The van der Waals surface area contributed by atoms with Crippen LogP contribution in [-0.2, 0) is 16.0 Å². The number of amides is 1. The van der Waals surface area contributed by atoms with Gasteiger partial charge in [0.2, 0.25) is 5.91 Å². The quantitative estimate of drug-likeness (QED) is 0.908. The number of hydrogen-bond donors (Lipinski definition) is 1. The highest BCUT2D eigenvalue weighted by Crippen LogP contribution is 2.30. The summed E-state index contributed by atoms with van der Waals surface area (Å²) in [4.78, 5) is 14.9. The Morgan fingerprint density at radius 3 is 3.00 bits per heavy atom. The van der Waals surface area contributed by atoms with Gasteiger partial charge in [-0.1, -0.05) is 18.2 Å². The molecule has 0 aliphatic carbocycles. The number of carbonyl (C=O) groups excluding carboxylic acids is 1. The van der Waals surface area contributed by atoms with Crippen molar-refractivity contribution in [1.82, 2.24) is 4.90 Å². The first-order valence-corrected chi connectivity index (χ1v) is 7.85. The smallest absolute Gasteiger partial charge is 0.228 e. The summed E-state index contributed by atoms with van der Waals surface area (Å²) in [5.41, 5.74) is 2.41. The van der Waals surface area contributed by atoms with Crippen LogP contribution in [0.15, 0.2) is 24.3 Å². The molecule has 1 saturated heterocycles. The van der Waals surface area contributed by atoms with E-state index in [1.807, 2.05) is 17.0 Å². The molecule has 3 unspecified atom stereocenters. The minimum Gasteiger partial charge on any atom is -0.382 e. The van der Waals surface area contributed by atoms with Gasteiger partial charge in [0.25, 0.3) is 0 Å². The van der Waals surface area contributed by atoms with Gasteiger partial charge in [-0.25, -0.2) is 0 Å². The lowest BCUT2D eigenvalue weighted by Crippen LogP contribution is -2.50. The third kappa shape index (κ3) is 2.91. The fourth-order valence-electron chi connectivity index (χ4n) is 3.47. The van der Waals surface area contributed by atoms with Gasteiger partial charge >= 0.3 is 0 Å². The Hall–Kier alpha value is -1.55. The van der Waals surface area contributed by atoms with Crippen LogP contribution in [0.25, 0.3) is 0 Å². The van der Waals surface area contributed by atoms with Crippen LogP contribution in [0.1, 0.15) is 25.3 Å². The van der Waals surface area contributed by atoms with Gasteiger partial charge < -0.3 is 15.0 Å². The van der Waals surface area contributed by atoms with Crippen molar-refractivity contribution in [3.8, 4) is 0 Å². The third-order valence-corrected chi connectivity index (χ3v) is 4.78. The number of likely N-dealkylation sites (tertiary alicyclic amines) is 1. The molecule has 2 aliphatic rings. The van der Waals surface area contributed by atoms with Gasteiger partial charge in [0.15, 0.2) is 0 Å². The molecule has 21 heavy (non-hydrogen) atoms. The van der Waals surface area contributed by atoms with Gasteiger partial charge in [0.05, 0.1) is 12.0 Å². The summed E-state index contributed by atoms with van der Waals surface area (Å²) in [6, 6.07) is 8.46. The molecule has 1 amide bonds. The molecule has 0 aromatic heterocycles. The Labute approximate surface area is 126 Å². The van der Waals surface area contributed by atoms with Crippen molar-refractivity contribution in [2.45, 2.75) is 38.3 Å². The van der Waals surface area contributed by atoms with E-state index in [-0.39, 0.29) is 24.0 Å². The van der Waals surface area contributed by atoms with Crippen LogP contribution >= 0.6 is 0 Å². The van der Waals surface area contributed by atoms with Gasteiger partial charge in [-0.15, -0.1) is 0 Å². The van der Waals surface area contributed by atoms with E-state index in [0.29, 0.717) is 0 Å². The molecule has 4 heteroatoms. The maximum atomic E-state index is 12.9. The summed E-state index contributed by atoms with van der Waals surface area (Å²) in [5, 5.41) is 3.48. The average Bonchev–Trinajstić information content (AvgIpc) is 2.53. The second kappa shape index (κ2) is 6.06. The van der Waals surface area contributed by atoms with Crippen LogP contribution < -0.4 is 5.32 Å². The summed E-state index contributed by atoms with van der Waals surface area (Å²) in [6.45, 7) is 3.71. The van der Waals surface area contributed by atoms with Crippen molar-refractivity contribution in [2.24, 2.45) is 5.92 Å². The number of hydrogen-bond acceptors (Lipinski definition) is 3. The van der Waals surface area contributed by atoms with Gasteiger partial charge in [-0.2, -0.15) is 0 Å². The average molecular weight is 288 g/mol. The number of ether oxygens (including phenoxy) is 1. The van der Waals surface area contributed by atoms with Crippen molar-refractivity contribution in [2.75, 3.05) is 25.5 Å². The standard InChI is InChI=1S/C17H24N2O2/c1-12-15(10-13-6-3-4-8-16(13)18-12)17(20)19-9-5-7-14(11-19)21-2/h3-4,6,8,12,14-15,18H,5,7,9-11H2,1-2H3. The maximum Gasteiger partial charge on any atom is 0.228 e. The number of methoxy groups -OCH3 is 1. The van der Waals surface area contributed by atoms with Crippen molar-refractivity contribution in [1.29, 1.82) is 0 Å². The normalized spacial score (nSPS) is 28.7. The van der Waals surface area contributed by atoms with Crippen LogP contribution in [0.5, 0.6) is 0 Å². The fourth-order valence-corrected chi connectivity index (χ4v) is 3.47. The summed E-state index contributed by atoms with van der Waals surface area (Å²) in [6.07, 6.45) is 3.12. The largest absolute Gasteiger partial charge is 0.382 e. The summed E-state index contributed by atoms with van der Waals surface area (Å²) < 4.78 is 5.43. The second-order valence-corrected chi connectivity index (χ2v) is 6.18. The molecule has 0 bridgehead atoms. The van der Waals surface area contributed by atoms with Gasteiger partial charge in [0.1, 0.15) is 0 Å². The Morgan fingerprint density at radius 2 is 2.19 bits per heavy atom. The van der Waals surface area contributed by atoms with Crippen molar-refractivity contribution in [3.05, 3.63) is 29.8 Å². The monoisotopic (exact) mass is 288 g/mol. The molecule has 3 rings (SSSR count). The van der Waals surface area contributed by atoms with Crippen LogP contribution in [-0.4, -0.2) is 43.2 Å². The number of benzene rings is 1.